The molecule has 0 aromatic rings. The highest BCUT2D eigenvalue weighted by Gasteiger charge is 1.99. The molecule has 0 aliphatic carbocycles. The van der Waals surface area contributed by atoms with E-state index < -0.39 is 6.10 Å². The molecule has 0 saturated heterocycles. The average Bonchev–Trinajstić information content (AvgIpc) is 1.65. The maximum Gasteiger partial charge on any atom is 0.0712 e. The van der Waals surface area contributed by atoms with Crippen LogP contribution in [0.5, 0.6) is 0 Å². The van der Waals surface area contributed by atoms with E-state index in [1.807, 2.05) is 6.92 Å². The predicted octanol–water partition coefficient (Wildman–Crippen LogP) is 1.55. The quantitative estimate of drug-likeness (QED) is 0.459. The molecule has 0 aromatic carbocycles. The highest BCUT2D eigenvalue weighted by molar-refractivity contribution is 6.18. The van der Waals surface area contributed by atoms with Crippen LogP contribution in [-0.2, 0) is 0 Å². The SMILES string of the molecule is C=C(C)CC(O)CCl. The van der Waals surface area contributed by atoms with Gasteiger partial charge in [0, 0.05) is 5.88 Å². The Labute approximate surface area is 55.0 Å². The van der Waals surface area contributed by atoms with E-state index in [2.05, 4.69) is 6.58 Å². The summed E-state index contributed by atoms with van der Waals surface area (Å²) in [6, 6.07) is 0. The third kappa shape index (κ3) is 4.16. The minimum Gasteiger partial charge on any atom is -0.392 e. The molecule has 8 heavy (non-hydrogen) atoms. The second-order valence-corrected chi connectivity index (χ2v) is 2.28. The molecule has 0 aromatic heterocycles. The molecule has 0 radical (unpaired) electrons. The summed E-state index contributed by atoms with van der Waals surface area (Å²) in [6.07, 6.45) is 0.206. The van der Waals surface area contributed by atoms with Crippen LogP contribution in [0.1, 0.15) is 13.3 Å². The van der Waals surface area contributed by atoms with Crippen molar-refractivity contribution in [3.8, 4) is 0 Å². The first-order chi connectivity index (χ1) is 3.66. The standard InChI is InChI=1S/C6H11ClO/c1-5(2)3-6(8)4-7/h6,8H,1,3-4H2,2H3. The van der Waals surface area contributed by atoms with Gasteiger partial charge in [0.05, 0.1) is 6.10 Å². The first kappa shape index (κ1) is 7.99. The molecule has 48 valence electrons. The molecule has 1 unspecified atom stereocenters. The molecular weight excluding hydrogens is 124 g/mol. The van der Waals surface area contributed by atoms with Crippen LogP contribution in [0.4, 0.5) is 0 Å². The van der Waals surface area contributed by atoms with Gasteiger partial charge in [0.15, 0.2) is 0 Å². The predicted molar refractivity (Wildman–Crippen MR) is 36.2 cm³/mol. The van der Waals surface area contributed by atoms with Crippen molar-refractivity contribution in [2.24, 2.45) is 0 Å². The summed E-state index contributed by atoms with van der Waals surface area (Å²) in [4.78, 5) is 0. The van der Waals surface area contributed by atoms with E-state index in [1.54, 1.807) is 0 Å². The summed E-state index contributed by atoms with van der Waals surface area (Å²) < 4.78 is 0. The molecule has 0 spiro atoms. The van der Waals surface area contributed by atoms with Crippen molar-refractivity contribution >= 4 is 11.6 Å². The van der Waals surface area contributed by atoms with Gasteiger partial charge in [0.25, 0.3) is 0 Å². The molecule has 1 nitrogen and oxygen atoms in total. The summed E-state index contributed by atoms with van der Waals surface area (Å²) in [6.45, 7) is 5.50. The molecule has 0 amide bonds. The number of alkyl halides is 1. The number of rotatable bonds is 3. The van der Waals surface area contributed by atoms with Crippen LogP contribution in [0.15, 0.2) is 12.2 Å². The summed E-state index contributed by atoms with van der Waals surface area (Å²) in [5.74, 6) is 0.298. The third-order valence-corrected chi connectivity index (χ3v) is 1.12. The van der Waals surface area contributed by atoms with E-state index in [0.717, 1.165) is 5.57 Å². The highest BCUT2D eigenvalue weighted by atomic mass is 35.5. The maximum atomic E-state index is 8.84. The average molecular weight is 135 g/mol. The number of hydrogen-bond donors (Lipinski definition) is 1. The number of hydrogen-bond acceptors (Lipinski definition) is 1. The lowest BCUT2D eigenvalue weighted by Crippen LogP contribution is -2.07. The molecular formula is C6H11ClO. The Morgan fingerprint density at radius 3 is 2.50 bits per heavy atom. The molecule has 0 bridgehead atoms. The van der Waals surface area contributed by atoms with Gasteiger partial charge < -0.3 is 5.11 Å². The molecule has 1 N–H and O–H groups in total. The van der Waals surface area contributed by atoms with Crippen LogP contribution in [0.25, 0.3) is 0 Å². The summed E-state index contributed by atoms with van der Waals surface area (Å²) in [5.41, 5.74) is 0.971. The first-order valence-electron chi connectivity index (χ1n) is 2.55. The largest absolute Gasteiger partial charge is 0.392 e. The molecule has 0 fully saturated rings. The van der Waals surface area contributed by atoms with Crippen molar-refractivity contribution < 1.29 is 5.11 Å². The van der Waals surface area contributed by atoms with Crippen molar-refractivity contribution in [3.05, 3.63) is 12.2 Å². The Morgan fingerprint density at radius 2 is 2.38 bits per heavy atom. The van der Waals surface area contributed by atoms with Crippen molar-refractivity contribution in [2.75, 3.05) is 5.88 Å². The zero-order chi connectivity index (χ0) is 6.57. The van der Waals surface area contributed by atoms with Crippen LogP contribution in [0.3, 0.4) is 0 Å². The van der Waals surface area contributed by atoms with Crippen molar-refractivity contribution in [1.29, 1.82) is 0 Å². The van der Waals surface area contributed by atoms with Crippen molar-refractivity contribution in [3.63, 3.8) is 0 Å². The summed E-state index contributed by atoms with van der Waals surface area (Å²) in [7, 11) is 0. The molecule has 0 aliphatic rings. The van der Waals surface area contributed by atoms with Gasteiger partial charge in [0.1, 0.15) is 0 Å². The zero-order valence-electron chi connectivity index (χ0n) is 5.02. The minimum atomic E-state index is -0.408. The lowest BCUT2D eigenvalue weighted by Gasteiger charge is -2.03. The molecule has 0 saturated carbocycles. The van der Waals surface area contributed by atoms with E-state index in [-0.39, 0.29) is 0 Å². The second kappa shape index (κ2) is 3.93. The Hall–Kier alpha value is -0.0100. The summed E-state index contributed by atoms with van der Waals surface area (Å²) >= 11 is 5.30. The van der Waals surface area contributed by atoms with Gasteiger partial charge in [-0.15, -0.1) is 18.2 Å². The monoisotopic (exact) mass is 134 g/mol. The maximum absolute atomic E-state index is 8.84. The van der Waals surface area contributed by atoms with E-state index in [4.69, 9.17) is 16.7 Å². The lowest BCUT2D eigenvalue weighted by molar-refractivity contribution is 0.198. The number of halogens is 1. The fraction of sp³-hybridized carbons (Fsp3) is 0.667. The molecule has 0 aliphatic heterocycles. The smallest absolute Gasteiger partial charge is 0.0712 e. The first-order valence-corrected chi connectivity index (χ1v) is 3.08. The Bertz CT molecular complexity index is 80.6. The van der Waals surface area contributed by atoms with Gasteiger partial charge in [-0.2, -0.15) is 0 Å². The molecule has 0 rings (SSSR count). The third-order valence-electron chi connectivity index (χ3n) is 0.762. The number of aliphatic hydroxyl groups excluding tert-OH is 1. The van der Waals surface area contributed by atoms with Crippen LogP contribution >= 0.6 is 11.6 Å². The van der Waals surface area contributed by atoms with Crippen LogP contribution in [0.2, 0.25) is 0 Å². The normalized spacial score (nSPS) is 13.4. The van der Waals surface area contributed by atoms with Gasteiger partial charge >= 0.3 is 0 Å². The Morgan fingerprint density at radius 1 is 1.88 bits per heavy atom. The fourth-order valence-corrected chi connectivity index (χ4v) is 0.566. The molecule has 1 atom stereocenters. The van der Waals surface area contributed by atoms with Crippen LogP contribution in [-0.4, -0.2) is 17.1 Å². The topological polar surface area (TPSA) is 20.2 Å². The second-order valence-electron chi connectivity index (χ2n) is 1.97. The van der Waals surface area contributed by atoms with Gasteiger partial charge in [0.2, 0.25) is 0 Å². The van der Waals surface area contributed by atoms with Crippen molar-refractivity contribution in [1.82, 2.24) is 0 Å². The van der Waals surface area contributed by atoms with Gasteiger partial charge in [-0.1, -0.05) is 5.57 Å². The number of aliphatic hydroxyl groups is 1. The van der Waals surface area contributed by atoms with Gasteiger partial charge in [-0.3, -0.25) is 0 Å². The van der Waals surface area contributed by atoms with E-state index in [1.165, 1.54) is 0 Å². The van der Waals surface area contributed by atoms with E-state index in [9.17, 15) is 0 Å². The molecule has 0 heterocycles. The van der Waals surface area contributed by atoms with Crippen molar-refractivity contribution in [2.45, 2.75) is 19.4 Å². The summed E-state index contributed by atoms with van der Waals surface area (Å²) in [5, 5.41) is 8.84. The fourth-order valence-electron chi connectivity index (χ4n) is 0.457. The van der Waals surface area contributed by atoms with E-state index in [0.29, 0.717) is 12.3 Å². The minimum absolute atomic E-state index is 0.298. The van der Waals surface area contributed by atoms with Gasteiger partial charge in [-0.05, 0) is 13.3 Å². The van der Waals surface area contributed by atoms with E-state index >= 15 is 0 Å². The van der Waals surface area contributed by atoms with Crippen LogP contribution in [0, 0.1) is 0 Å². The molecule has 2 heteroatoms. The van der Waals surface area contributed by atoms with Crippen LogP contribution < -0.4 is 0 Å². The lowest BCUT2D eigenvalue weighted by atomic mass is 10.2. The Balaban J connectivity index is 3.24. The van der Waals surface area contributed by atoms with Gasteiger partial charge in [-0.25, -0.2) is 0 Å². The Kier molecular flexibility index (Phi) is 3.92. The highest BCUT2D eigenvalue weighted by Crippen LogP contribution is 2.01. The zero-order valence-corrected chi connectivity index (χ0v) is 5.78.